The molecule has 0 heterocycles. The Balaban J connectivity index is 2.28. The van der Waals surface area contributed by atoms with Crippen molar-refractivity contribution in [1.29, 1.82) is 0 Å². The minimum Gasteiger partial charge on any atom is -0.492 e. The Labute approximate surface area is 122 Å². The summed E-state index contributed by atoms with van der Waals surface area (Å²) in [5.74, 6) is 0.612. The van der Waals surface area contributed by atoms with Crippen molar-refractivity contribution < 1.29 is 8.95 Å². The zero-order valence-corrected chi connectivity index (χ0v) is 12.4. The zero-order valence-electron chi connectivity index (χ0n) is 11.5. The average molecular weight is 289 g/mol. The first-order chi connectivity index (χ1) is 9.72. The minimum absolute atomic E-state index is 0.610. The van der Waals surface area contributed by atoms with Crippen molar-refractivity contribution in [2.24, 2.45) is 0 Å². The summed E-state index contributed by atoms with van der Waals surface area (Å²) in [6.45, 7) is 2.71. The molecule has 2 N–H and O–H groups in total. The Bertz CT molecular complexity index is 584. The summed E-state index contributed by atoms with van der Waals surface area (Å²) in [7, 11) is -1.25. The normalized spacial score (nSPS) is 12.1. The van der Waals surface area contributed by atoms with E-state index in [9.17, 15) is 4.21 Å². The molecule has 2 rings (SSSR count). The molecule has 4 heteroatoms. The Morgan fingerprint density at radius 2 is 1.90 bits per heavy atom. The smallest absolute Gasteiger partial charge is 0.137 e. The van der Waals surface area contributed by atoms with E-state index in [-0.39, 0.29) is 0 Å². The monoisotopic (exact) mass is 289 g/mol. The Hall–Kier alpha value is -1.81. The van der Waals surface area contributed by atoms with Crippen LogP contribution < -0.4 is 10.5 Å². The van der Waals surface area contributed by atoms with Gasteiger partial charge in [0.1, 0.15) is 5.75 Å². The van der Waals surface area contributed by atoms with Gasteiger partial charge in [0.2, 0.25) is 0 Å². The Morgan fingerprint density at radius 1 is 1.15 bits per heavy atom. The van der Waals surface area contributed by atoms with Crippen LogP contribution >= 0.6 is 0 Å². The van der Waals surface area contributed by atoms with Crippen molar-refractivity contribution in [3.8, 4) is 5.75 Å². The number of benzene rings is 2. The second kappa shape index (κ2) is 7.10. The lowest BCUT2D eigenvalue weighted by molar-refractivity contribution is 0.302. The van der Waals surface area contributed by atoms with Crippen LogP contribution in [0.4, 0.5) is 5.69 Å². The van der Waals surface area contributed by atoms with Gasteiger partial charge in [-0.1, -0.05) is 31.5 Å². The first-order valence-electron chi connectivity index (χ1n) is 6.71. The lowest BCUT2D eigenvalue weighted by Crippen LogP contribution is -2.03. The first-order valence-corrected chi connectivity index (χ1v) is 7.86. The van der Waals surface area contributed by atoms with Gasteiger partial charge in [-0.15, -0.1) is 0 Å². The van der Waals surface area contributed by atoms with E-state index in [0.717, 1.165) is 17.7 Å². The highest BCUT2D eigenvalue weighted by atomic mass is 32.2. The van der Waals surface area contributed by atoms with Crippen molar-refractivity contribution in [3.05, 3.63) is 48.5 Å². The van der Waals surface area contributed by atoms with E-state index in [1.807, 2.05) is 30.3 Å². The fourth-order valence-corrected chi connectivity index (χ4v) is 2.94. The van der Waals surface area contributed by atoms with E-state index in [1.165, 1.54) is 0 Å². The van der Waals surface area contributed by atoms with E-state index in [1.54, 1.807) is 18.2 Å². The number of hydrogen-bond acceptors (Lipinski definition) is 3. The van der Waals surface area contributed by atoms with Gasteiger partial charge in [0.25, 0.3) is 0 Å². The molecule has 1 unspecified atom stereocenters. The van der Waals surface area contributed by atoms with Gasteiger partial charge in [0.05, 0.1) is 22.3 Å². The number of anilines is 1. The van der Waals surface area contributed by atoms with E-state index < -0.39 is 10.8 Å². The number of unbranched alkanes of at least 4 members (excludes halogenated alkanes) is 1. The summed E-state index contributed by atoms with van der Waals surface area (Å²) in [5.41, 5.74) is 6.41. The molecule has 0 aliphatic rings. The van der Waals surface area contributed by atoms with Crippen LogP contribution in [0.1, 0.15) is 19.8 Å². The van der Waals surface area contributed by atoms with E-state index in [0.29, 0.717) is 22.9 Å². The highest BCUT2D eigenvalue weighted by Crippen LogP contribution is 2.28. The average Bonchev–Trinajstić information content (AvgIpc) is 2.48. The van der Waals surface area contributed by atoms with Crippen molar-refractivity contribution in [2.75, 3.05) is 12.3 Å². The van der Waals surface area contributed by atoms with Crippen LogP contribution in [0.5, 0.6) is 5.75 Å². The van der Waals surface area contributed by atoms with Gasteiger partial charge in [0, 0.05) is 16.6 Å². The molecule has 2 aromatic rings. The van der Waals surface area contributed by atoms with Crippen LogP contribution in [0.3, 0.4) is 0 Å². The molecule has 20 heavy (non-hydrogen) atoms. The summed E-state index contributed by atoms with van der Waals surface area (Å²) in [4.78, 5) is 1.43. The van der Waals surface area contributed by atoms with Gasteiger partial charge >= 0.3 is 0 Å². The summed E-state index contributed by atoms with van der Waals surface area (Å²) >= 11 is 0. The predicted octanol–water partition coefficient (Wildman–Crippen LogP) is 3.61. The lowest BCUT2D eigenvalue weighted by Gasteiger charge is -2.12. The largest absolute Gasteiger partial charge is 0.492 e. The number of nitrogen functional groups attached to an aromatic ring is 1. The topological polar surface area (TPSA) is 52.3 Å². The predicted molar refractivity (Wildman–Crippen MR) is 82.4 cm³/mol. The SMILES string of the molecule is CCCCOc1cc(N)ccc1S(=O)c1ccccc1. The minimum atomic E-state index is -1.25. The number of nitrogens with two attached hydrogens (primary N) is 1. The summed E-state index contributed by atoms with van der Waals surface area (Å²) < 4.78 is 18.3. The van der Waals surface area contributed by atoms with Gasteiger partial charge in [0.15, 0.2) is 0 Å². The molecule has 0 spiro atoms. The maximum atomic E-state index is 12.6. The molecular formula is C16H19NO2S. The van der Waals surface area contributed by atoms with Crippen LogP contribution in [0.25, 0.3) is 0 Å². The molecule has 2 aromatic carbocycles. The van der Waals surface area contributed by atoms with Gasteiger partial charge in [-0.2, -0.15) is 0 Å². The van der Waals surface area contributed by atoms with Gasteiger partial charge in [-0.3, -0.25) is 0 Å². The van der Waals surface area contributed by atoms with Crippen LogP contribution in [-0.4, -0.2) is 10.8 Å². The van der Waals surface area contributed by atoms with E-state index in [2.05, 4.69) is 6.92 Å². The lowest BCUT2D eigenvalue weighted by atomic mass is 10.3. The molecule has 0 fully saturated rings. The quantitative estimate of drug-likeness (QED) is 0.653. The number of ether oxygens (including phenoxy) is 1. The van der Waals surface area contributed by atoms with Gasteiger partial charge < -0.3 is 10.5 Å². The maximum absolute atomic E-state index is 12.6. The molecule has 0 amide bonds. The molecule has 0 radical (unpaired) electrons. The van der Waals surface area contributed by atoms with Crippen LogP contribution in [-0.2, 0) is 10.8 Å². The van der Waals surface area contributed by atoms with Crippen LogP contribution in [0.15, 0.2) is 58.3 Å². The molecule has 3 nitrogen and oxygen atoms in total. The summed E-state index contributed by atoms with van der Waals surface area (Å²) in [5, 5.41) is 0. The van der Waals surface area contributed by atoms with Crippen molar-refractivity contribution >= 4 is 16.5 Å². The van der Waals surface area contributed by atoms with Crippen LogP contribution in [0, 0.1) is 0 Å². The summed E-state index contributed by atoms with van der Waals surface area (Å²) in [6, 6.07) is 14.6. The molecule has 1 atom stereocenters. The molecule has 0 aliphatic carbocycles. The zero-order chi connectivity index (χ0) is 14.4. The first kappa shape index (κ1) is 14.6. The van der Waals surface area contributed by atoms with Gasteiger partial charge in [-0.05, 0) is 30.7 Å². The van der Waals surface area contributed by atoms with Crippen molar-refractivity contribution in [3.63, 3.8) is 0 Å². The molecule has 0 bridgehead atoms. The highest BCUT2D eigenvalue weighted by molar-refractivity contribution is 7.85. The third-order valence-corrected chi connectivity index (χ3v) is 4.32. The van der Waals surface area contributed by atoms with E-state index >= 15 is 0 Å². The highest BCUT2D eigenvalue weighted by Gasteiger charge is 2.13. The molecule has 106 valence electrons. The molecule has 0 aliphatic heterocycles. The Kier molecular flexibility index (Phi) is 5.18. The molecule has 0 saturated heterocycles. The molecule has 0 aromatic heterocycles. The van der Waals surface area contributed by atoms with E-state index in [4.69, 9.17) is 10.5 Å². The third-order valence-electron chi connectivity index (χ3n) is 2.88. The third kappa shape index (κ3) is 3.61. The van der Waals surface area contributed by atoms with Crippen molar-refractivity contribution in [1.82, 2.24) is 0 Å². The Morgan fingerprint density at radius 3 is 2.60 bits per heavy atom. The number of hydrogen-bond donors (Lipinski definition) is 1. The van der Waals surface area contributed by atoms with Crippen molar-refractivity contribution in [2.45, 2.75) is 29.6 Å². The second-order valence-electron chi connectivity index (χ2n) is 4.49. The fourth-order valence-electron chi connectivity index (χ4n) is 1.79. The second-order valence-corrected chi connectivity index (χ2v) is 5.94. The maximum Gasteiger partial charge on any atom is 0.137 e. The standard InChI is InChI=1S/C16H19NO2S/c1-2-3-11-19-15-12-13(17)9-10-16(15)20(18)14-7-5-4-6-8-14/h4-10,12H,2-3,11,17H2,1H3. The van der Waals surface area contributed by atoms with Crippen LogP contribution in [0.2, 0.25) is 0 Å². The fraction of sp³-hybridized carbons (Fsp3) is 0.250. The molecular weight excluding hydrogens is 270 g/mol. The van der Waals surface area contributed by atoms with Gasteiger partial charge in [-0.25, -0.2) is 4.21 Å². The number of rotatable bonds is 6. The molecule has 0 saturated carbocycles. The summed E-state index contributed by atoms with van der Waals surface area (Å²) in [6.07, 6.45) is 2.02.